The van der Waals surface area contributed by atoms with Crippen molar-refractivity contribution in [3.8, 4) is 0 Å². The predicted molar refractivity (Wildman–Crippen MR) is 93.0 cm³/mol. The molecule has 2 rings (SSSR count). The summed E-state index contributed by atoms with van der Waals surface area (Å²) in [6, 6.07) is 2.94. The van der Waals surface area contributed by atoms with Crippen molar-refractivity contribution in [2.45, 2.75) is 57.2 Å². The Balaban J connectivity index is 1.96. The third kappa shape index (κ3) is 5.76. The lowest BCUT2D eigenvalue weighted by atomic mass is 9.91. The molecule has 1 aliphatic carbocycles. The molecule has 0 radical (unpaired) electrons. The van der Waals surface area contributed by atoms with E-state index < -0.39 is 10.0 Å². The average molecular weight is 354 g/mol. The lowest BCUT2D eigenvalue weighted by Gasteiger charge is -2.32. The SMILES string of the molecule is CC[C@H](NC(=O)N[C@@H]1CCCC[C@H]1NS(C)(=O)=O)c1ccncc1. The molecule has 1 fully saturated rings. The number of nitrogens with one attached hydrogen (secondary N) is 3. The van der Waals surface area contributed by atoms with Crippen molar-refractivity contribution in [3.63, 3.8) is 0 Å². The van der Waals surface area contributed by atoms with E-state index in [-0.39, 0.29) is 24.2 Å². The molecule has 134 valence electrons. The Morgan fingerprint density at radius 3 is 2.46 bits per heavy atom. The molecule has 1 aromatic rings. The summed E-state index contributed by atoms with van der Waals surface area (Å²) in [7, 11) is -3.29. The van der Waals surface area contributed by atoms with Crippen LogP contribution in [0.3, 0.4) is 0 Å². The second-order valence-corrected chi connectivity index (χ2v) is 8.03. The summed E-state index contributed by atoms with van der Waals surface area (Å²) in [5.41, 5.74) is 0.997. The van der Waals surface area contributed by atoms with E-state index in [0.717, 1.165) is 43.9 Å². The van der Waals surface area contributed by atoms with Crippen LogP contribution in [0.1, 0.15) is 50.6 Å². The number of urea groups is 1. The van der Waals surface area contributed by atoms with Gasteiger partial charge in [-0.3, -0.25) is 4.98 Å². The van der Waals surface area contributed by atoms with Crippen LogP contribution >= 0.6 is 0 Å². The first-order chi connectivity index (χ1) is 11.4. The van der Waals surface area contributed by atoms with Crippen LogP contribution in [0, 0.1) is 0 Å². The maximum absolute atomic E-state index is 12.3. The second-order valence-electron chi connectivity index (χ2n) is 6.25. The smallest absolute Gasteiger partial charge is 0.315 e. The first-order valence-corrected chi connectivity index (χ1v) is 10.2. The molecule has 1 heterocycles. The summed E-state index contributed by atoms with van der Waals surface area (Å²) >= 11 is 0. The van der Waals surface area contributed by atoms with Crippen molar-refractivity contribution in [2.75, 3.05) is 6.26 Å². The van der Waals surface area contributed by atoms with E-state index >= 15 is 0 Å². The number of hydrogen-bond donors (Lipinski definition) is 3. The van der Waals surface area contributed by atoms with Gasteiger partial charge in [0, 0.05) is 24.5 Å². The van der Waals surface area contributed by atoms with Gasteiger partial charge in [0.25, 0.3) is 0 Å². The number of pyridine rings is 1. The van der Waals surface area contributed by atoms with E-state index in [9.17, 15) is 13.2 Å². The summed E-state index contributed by atoms with van der Waals surface area (Å²) < 4.78 is 25.6. The topological polar surface area (TPSA) is 100 Å². The van der Waals surface area contributed by atoms with Gasteiger partial charge < -0.3 is 10.6 Å². The molecule has 1 aliphatic rings. The molecular weight excluding hydrogens is 328 g/mol. The van der Waals surface area contributed by atoms with Crippen molar-refractivity contribution in [1.29, 1.82) is 0 Å². The molecule has 0 bridgehead atoms. The quantitative estimate of drug-likeness (QED) is 0.724. The van der Waals surface area contributed by atoms with Crippen LogP contribution < -0.4 is 15.4 Å². The van der Waals surface area contributed by atoms with Crippen LogP contribution in [0.15, 0.2) is 24.5 Å². The molecule has 2 amide bonds. The van der Waals surface area contributed by atoms with Gasteiger partial charge in [-0.25, -0.2) is 17.9 Å². The number of carbonyl (C=O) groups is 1. The first kappa shape index (κ1) is 18.7. The minimum Gasteiger partial charge on any atom is -0.334 e. The fraction of sp³-hybridized carbons (Fsp3) is 0.625. The molecule has 0 saturated heterocycles. The van der Waals surface area contributed by atoms with Crippen molar-refractivity contribution in [1.82, 2.24) is 20.3 Å². The molecule has 24 heavy (non-hydrogen) atoms. The highest BCUT2D eigenvalue weighted by Gasteiger charge is 2.29. The van der Waals surface area contributed by atoms with Crippen LogP contribution in [0.4, 0.5) is 4.79 Å². The van der Waals surface area contributed by atoms with Crippen molar-refractivity contribution >= 4 is 16.1 Å². The molecule has 3 N–H and O–H groups in total. The minimum absolute atomic E-state index is 0.0992. The van der Waals surface area contributed by atoms with E-state index in [0.29, 0.717) is 0 Å². The highest BCUT2D eigenvalue weighted by Crippen LogP contribution is 2.20. The number of carbonyl (C=O) groups excluding carboxylic acids is 1. The normalized spacial score (nSPS) is 22.6. The highest BCUT2D eigenvalue weighted by molar-refractivity contribution is 7.88. The molecule has 3 atom stereocenters. The van der Waals surface area contributed by atoms with Gasteiger partial charge in [-0.1, -0.05) is 19.8 Å². The van der Waals surface area contributed by atoms with Crippen LogP contribution in [-0.4, -0.2) is 37.8 Å². The number of rotatable bonds is 6. The van der Waals surface area contributed by atoms with Crippen molar-refractivity contribution in [2.24, 2.45) is 0 Å². The monoisotopic (exact) mass is 354 g/mol. The van der Waals surface area contributed by atoms with Gasteiger partial charge in [-0.05, 0) is 37.0 Å². The first-order valence-electron chi connectivity index (χ1n) is 8.33. The van der Waals surface area contributed by atoms with E-state index in [4.69, 9.17) is 0 Å². The van der Waals surface area contributed by atoms with Gasteiger partial charge in [0.05, 0.1) is 12.3 Å². The zero-order valence-corrected chi connectivity index (χ0v) is 15.0. The molecule has 8 heteroatoms. The molecule has 0 unspecified atom stereocenters. The van der Waals surface area contributed by atoms with E-state index in [1.807, 2.05) is 19.1 Å². The minimum atomic E-state index is -3.29. The summed E-state index contributed by atoms with van der Waals surface area (Å²) in [6.07, 6.45) is 8.75. The number of amides is 2. The Morgan fingerprint density at radius 2 is 1.88 bits per heavy atom. The lowest BCUT2D eigenvalue weighted by molar-refractivity contribution is 0.223. The molecule has 0 aromatic carbocycles. The van der Waals surface area contributed by atoms with Gasteiger partial charge in [-0.2, -0.15) is 0 Å². The predicted octanol–water partition coefficient (Wildman–Crippen LogP) is 1.69. The largest absolute Gasteiger partial charge is 0.334 e. The molecule has 0 spiro atoms. The van der Waals surface area contributed by atoms with Crippen LogP contribution in [0.5, 0.6) is 0 Å². The van der Waals surface area contributed by atoms with Gasteiger partial charge in [0.1, 0.15) is 0 Å². The number of aromatic nitrogens is 1. The van der Waals surface area contributed by atoms with Crippen molar-refractivity contribution < 1.29 is 13.2 Å². The van der Waals surface area contributed by atoms with Gasteiger partial charge in [0.2, 0.25) is 10.0 Å². The Labute approximate surface area is 143 Å². The molecule has 1 aromatic heterocycles. The molecule has 7 nitrogen and oxygen atoms in total. The van der Waals surface area contributed by atoms with E-state index in [1.165, 1.54) is 0 Å². The van der Waals surface area contributed by atoms with Crippen LogP contribution in [0.2, 0.25) is 0 Å². The number of hydrogen-bond acceptors (Lipinski definition) is 4. The zero-order chi connectivity index (χ0) is 17.6. The fourth-order valence-corrected chi connectivity index (χ4v) is 3.94. The summed E-state index contributed by atoms with van der Waals surface area (Å²) in [5.74, 6) is 0. The van der Waals surface area contributed by atoms with E-state index in [1.54, 1.807) is 12.4 Å². The van der Waals surface area contributed by atoms with Crippen LogP contribution in [-0.2, 0) is 10.0 Å². The van der Waals surface area contributed by atoms with Gasteiger partial charge in [0.15, 0.2) is 0 Å². The Bertz CT molecular complexity index is 636. The lowest BCUT2D eigenvalue weighted by Crippen LogP contribution is -2.55. The summed E-state index contributed by atoms with van der Waals surface area (Å²) in [4.78, 5) is 16.3. The Hall–Kier alpha value is -1.67. The third-order valence-electron chi connectivity index (χ3n) is 4.27. The standard InChI is InChI=1S/C16H26N4O3S/c1-3-13(12-8-10-17-11-9-12)18-16(21)19-14-6-4-5-7-15(14)20-24(2,22)23/h8-11,13-15,20H,3-7H2,1-2H3,(H2,18,19,21)/t13-,14+,15+/m0/s1. The van der Waals surface area contributed by atoms with Gasteiger partial charge in [-0.15, -0.1) is 0 Å². The molecule has 1 saturated carbocycles. The number of sulfonamides is 1. The Kier molecular flexibility index (Phi) is 6.56. The Morgan fingerprint density at radius 1 is 1.25 bits per heavy atom. The highest BCUT2D eigenvalue weighted by atomic mass is 32.2. The average Bonchev–Trinajstić information content (AvgIpc) is 2.54. The zero-order valence-electron chi connectivity index (χ0n) is 14.2. The second kappa shape index (κ2) is 8.43. The maximum atomic E-state index is 12.3. The maximum Gasteiger partial charge on any atom is 0.315 e. The third-order valence-corrected chi connectivity index (χ3v) is 5.00. The number of nitrogens with zero attached hydrogens (tertiary/aromatic N) is 1. The van der Waals surface area contributed by atoms with Crippen molar-refractivity contribution in [3.05, 3.63) is 30.1 Å². The summed E-state index contributed by atoms with van der Waals surface area (Å²) in [5, 5.41) is 5.89. The molecule has 0 aliphatic heterocycles. The van der Waals surface area contributed by atoms with Crippen LogP contribution in [0.25, 0.3) is 0 Å². The fourth-order valence-electron chi connectivity index (χ4n) is 3.10. The van der Waals surface area contributed by atoms with Gasteiger partial charge >= 0.3 is 6.03 Å². The molecular formula is C16H26N4O3S. The van der Waals surface area contributed by atoms with E-state index in [2.05, 4.69) is 20.3 Å². The summed E-state index contributed by atoms with van der Waals surface area (Å²) in [6.45, 7) is 2.00.